The second-order valence-corrected chi connectivity index (χ2v) is 5.92. The number of anilines is 1. The Balaban J connectivity index is 1.94. The van der Waals surface area contributed by atoms with E-state index in [9.17, 15) is 4.79 Å². The van der Waals surface area contributed by atoms with Crippen LogP contribution in [0.1, 0.15) is 5.56 Å². The van der Waals surface area contributed by atoms with Gasteiger partial charge in [-0.1, -0.05) is 27.5 Å². The number of hydrogen-bond acceptors (Lipinski definition) is 3. The molecule has 2 rings (SSSR count). The predicted molar refractivity (Wildman–Crippen MR) is 91.0 cm³/mol. The van der Waals surface area contributed by atoms with E-state index in [4.69, 9.17) is 21.1 Å². The second kappa shape index (κ2) is 7.51. The molecule has 0 saturated heterocycles. The molecule has 2 aromatic carbocycles. The summed E-state index contributed by atoms with van der Waals surface area (Å²) in [6.07, 6.45) is 0. The van der Waals surface area contributed by atoms with Gasteiger partial charge in [0.2, 0.25) is 0 Å². The minimum absolute atomic E-state index is 0.0773. The number of nitrogens with one attached hydrogen (secondary N) is 1. The standard InChI is InChI=1S/C16H15BrClNO3/c1-10-7-11(17)3-5-14(10)22-9-16(20)19-12-4-6-15(21-2)13(18)8-12/h3-8H,9H2,1-2H3,(H,19,20). The third-order valence-electron chi connectivity index (χ3n) is 2.93. The minimum atomic E-state index is -0.261. The molecular weight excluding hydrogens is 370 g/mol. The number of amides is 1. The van der Waals surface area contributed by atoms with Crippen molar-refractivity contribution in [3.05, 3.63) is 51.5 Å². The summed E-state index contributed by atoms with van der Waals surface area (Å²) >= 11 is 9.39. The molecule has 0 fully saturated rings. The molecule has 22 heavy (non-hydrogen) atoms. The van der Waals surface area contributed by atoms with E-state index in [-0.39, 0.29) is 12.5 Å². The highest BCUT2D eigenvalue weighted by Gasteiger charge is 2.08. The lowest BCUT2D eigenvalue weighted by molar-refractivity contribution is -0.118. The molecule has 0 radical (unpaired) electrons. The van der Waals surface area contributed by atoms with Crippen molar-refractivity contribution in [2.45, 2.75) is 6.92 Å². The SMILES string of the molecule is COc1ccc(NC(=O)COc2ccc(Br)cc2C)cc1Cl. The van der Waals surface area contributed by atoms with Gasteiger partial charge >= 0.3 is 0 Å². The van der Waals surface area contributed by atoms with Crippen molar-refractivity contribution < 1.29 is 14.3 Å². The summed E-state index contributed by atoms with van der Waals surface area (Å²) in [7, 11) is 1.54. The van der Waals surface area contributed by atoms with Crippen LogP contribution in [0.25, 0.3) is 0 Å². The summed E-state index contributed by atoms with van der Waals surface area (Å²) in [6.45, 7) is 1.84. The number of benzene rings is 2. The molecule has 1 N–H and O–H groups in total. The van der Waals surface area contributed by atoms with Crippen molar-refractivity contribution >= 4 is 39.1 Å². The lowest BCUT2D eigenvalue weighted by Gasteiger charge is -2.11. The van der Waals surface area contributed by atoms with E-state index in [1.54, 1.807) is 18.2 Å². The highest BCUT2D eigenvalue weighted by atomic mass is 79.9. The first-order valence-corrected chi connectivity index (χ1v) is 7.69. The van der Waals surface area contributed by atoms with Crippen LogP contribution in [0, 0.1) is 6.92 Å². The lowest BCUT2D eigenvalue weighted by atomic mass is 10.2. The Hall–Kier alpha value is -1.72. The average molecular weight is 385 g/mol. The number of ether oxygens (including phenoxy) is 2. The summed E-state index contributed by atoms with van der Waals surface area (Å²) < 4.78 is 11.5. The van der Waals surface area contributed by atoms with Crippen molar-refractivity contribution in [1.29, 1.82) is 0 Å². The fraction of sp³-hybridized carbons (Fsp3) is 0.188. The largest absolute Gasteiger partial charge is 0.495 e. The average Bonchev–Trinajstić information content (AvgIpc) is 2.46. The van der Waals surface area contributed by atoms with E-state index in [1.807, 2.05) is 25.1 Å². The predicted octanol–water partition coefficient (Wildman–Crippen LogP) is 4.44. The van der Waals surface area contributed by atoms with Crippen LogP contribution in [0.4, 0.5) is 5.69 Å². The van der Waals surface area contributed by atoms with E-state index in [1.165, 1.54) is 7.11 Å². The van der Waals surface area contributed by atoms with E-state index >= 15 is 0 Å². The van der Waals surface area contributed by atoms with Gasteiger partial charge in [-0.25, -0.2) is 0 Å². The molecule has 1 amide bonds. The summed E-state index contributed by atoms with van der Waals surface area (Å²) in [5.74, 6) is 0.969. The van der Waals surface area contributed by atoms with E-state index in [0.29, 0.717) is 22.2 Å². The zero-order valence-electron chi connectivity index (χ0n) is 12.2. The Morgan fingerprint density at radius 2 is 1.95 bits per heavy atom. The molecule has 0 aromatic heterocycles. The van der Waals surface area contributed by atoms with Crippen LogP contribution in [-0.4, -0.2) is 19.6 Å². The summed E-state index contributed by atoms with van der Waals surface area (Å²) in [6, 6.07) is 10.6. The molecule has 0 heterocycles. The van der Waals surface area contributed by atoms with Gasteiger partial charge in [0.25, 0.3) is 5.91 Å². The maximum Gasteiger partial charge on any atom is 0.262 e. The zero-order chi connectivity index (χ0) is 16.1. The normalized spacial score (nSPS) is 10.2. The molecule has 0 aliphatic carbocycles. The first kappa shape index (κ1) is 16.6. The van der Waals surface area contributed by atoms with Crippen molar-refractivity contribution in [3.63, 3.8) is 0 Å². The molecule has 2 aromatic rings. The van der Waals surface area contributed by atoms with E-state index in [2.05, 4.69) is 21.2 Å². The Labute approximate surface area is 142 Å². The topological polar surface area (TPSA) is 47.6 Å². The summed E-state index contributed by atoms with van der Waals surface area (Å²) in [5, 5.41) is 3.16. The van der Waals surface area contributed by atoms with Gasteiger partial charge in [-0.05, 0) is 48.9 Å². The van der Waals surface area contributed by atoms with Crippen molar-refractivity contribution in [1.82, 2.24) is 0 Å². The monoisotopic (exact) mass is 383 g/mol. The Morgan fingerprint density at radius 1 is 1.23 bits per heavy atom. The zero-order valence-corrected chi connectivity index (χ0v) is 14.5. The molecule has 116 valence electrons. The molecule has 0 unspecified atom stereocenters. The fourth-order valence-corrected chi connectivity index (χ4v) is 2.59. The Bertz CT molecular complexity index is 691. The molecule has 0 aliphatic rings. The molecular formula is C16H15BrClNO3. The third-order valence-corrected chi connectivity index (χ3v) is 3.72. The maximum atomic E-state index is 11.9. The maximum absolute atomic E-state index is 11.9. The van der Waals surface area contributed by atoms with Crippen LogP contribution in [0.5, 0.6) is 11.5 Å². The van der Waals surface area contributed by atoms with Gasteiger partial charge in [0, 0.05) is 10.2 Å². The number of hydrogen-bond donors (Lipinski definition) is 1. The van der Waals surface area contributed by atoms with E-state index in [0.717, 1.165) is 10.0 Å². The van der Waals surface area contributed by atoms with Gasteiger partial charge in [0.15, 0.2) is 6.61 Å². The van der Waals surface area contributed by atoms with Crippen LogP contribution in [0.3, 0.4) is 0 Å². The van der Waals surface area contributed by atoms with Crippen molar-refractivity contribution in [2.75, 3.05) is 19.0 Å². The number of aryl methyl sites for hydroxylation is 1. The smallest absolute Gasteiger partial charge is 0.262 e. The van der Waals surface area contributed by atoms with Crippen molar-refractivity contribution in [2.24, 2.45) is 0 Å². The van der Waals surface area contributed by atoms with Gasteiger partial charge in [-0.2, -0.15) is 0 Å². The number of carbonyl (C=O) groups is 1. The van der Waals surface area contributed by atoms with Crippen LogP contribution >= 0.6 is 27.5 Å². The van der Waals surface area contributed by atoms with Gasteiger partial charge in [-0.15, -0.1) is 0 Å². The minimum Gasteiger partial charge on any atom is -0.495 e. The molecule has 6 heteroatoms. The molecule has 0 aliphatic heterocycles. The van der Waals surface area contributed by atoms with Crippen LogP contribution in [-0.2, 0) is 4.79 Å². The van der Waals surface area contributed by atoms with Crippen LogP contribution < -0.4 is 14.8 Å². The first-order valence-electron chi connectivity index (χ1n) is 6.52. The quantitative estimate of drug-likeness (QED) is 0.829. The first-order chi connectivity index (χ1) is 10.5. The van der Waals surface area contributed by atoms with Crippen molar-refractivity contribution in [3.8, 4) is 11.5 Å². The number of halogens is 2. The Morgan fingerprint density at radius 3 is 2.59 bits per heavy atom. The summed E-state index contributed by atoms with van der Waals surface area (Å²) in [4.78, 5) is 11.9. The molecule has 0 spiro atoms. The van der Waals surface area contributed by atoms with Gasteiger partial charge in [0.05, 0.1) is 12.1 Å². The van der Waals surface area contributed by atoms with Gasteiger partial charge in [0.1, 0.15) is 11.5 Å². The highest BCUT2D eigenvalue weighted by Crippen LogP contribution is 2.27. The number of rotatable bonds is 5. The molecule has 0 atom stereocenters. The fourth-order valence-electron chi connectivity index (χ4n) is 1.86. The third kappa shape index (κ3) is 4.39. The van der Waals surface area contributed by atoms with E-state index < -0.39 is 0 Å². The Kier molecular flexibility index (Phi) is 5.69. The number of carbonyl (C=O) groups excluding carboxylic acids is 1. The number of methoxy groups -OCH3 is 1. The van der Waals surface area contributed by atoms with Gasteiger partial charge < -0.3 is 14.8 Å². The summed E-state index contributed by atoms with van der Waals surface area (Å²) in [5.41, 5.74) is 1.54. The van der Waals surface area contributed by atoms with Gasteiger partial charge in [-0.3, -0.25) is 4.79 Å². The highest BCUT2D eigenvalue weighted by molar-refractivity contribution is 9.10. The molecule has 4 nitrogen and oxygen atoms in total. The lowest BCUT2D eigenvalue weighted by Crippen LogP contribution is -2.20. The molecule has 0 saturated carbocycles. The van der Waals surface area contributed by atoms with Crippen LogP contribution in [0.2, 0.25) is 5.02 Å². The molecule has 0 bridgehead atoms. The second-order valence-electron chi connectivity index (χ2n) is 4.60. The van der Waals surface area contributed by atoms with Crippen LogP contribution in [0.15, 0.2) is 40.9 Å².